The molecule has 0 radical (unpaired) electrons. The first kappa shape index (κ1) is 16.5. The average molecular weight is 287 g/mol. The molecule has 1 aliphatic carbocycles. The van der Waals surface area contributed by atoms with Gasteiger partial charge in [0.2, 0.25) is 0 Å². The van der Waals surface area contributed by atoms with E-state index in [4.69, 9.17) is 0 Å². The van der Waals surface area contributed by atoms with Gasteiger partial charge in [-0.15, -0.1) is 0 Å². The molecule has 0 spiro atoms. The van der Waals surface area contributed by atoms with Crippen LogP contribution in [0.25, 0.3) is 0 Å². The highest BCUT2D eigenvalue weighted by molar-refractivity contribution is 5.25. The van der Waals surface area contributed by atoms with E-state index in [1.54, 1.807) is 0 Å². The SMILES string of the molecule is CCC1CCCC(NC(C)c2ccc(CC(C)C)cc2)C1. The van der Waals surface area contributed by atoms with Crippen LogP contribution in [0.2, 0.25) is 0 Å². The highest BCUT2D eigenvalue weighted by Gasteiger charge is 2.22. The molecule has 1 N–H and O–H groups in total. The lowest BCUT2D eigenvalue weighted by molar-refractivity contribution is 0.266. The molecule has 0 bridgehead atoms. The minimum atomic E-state index is 0.471. The van der Waals surface area contributed by atoms with Gasteiger partial charge in [0.15, 0.2) is 0 Å². The molecule has 0 aromatic heterocycles. The smallest absolute Gasteiger partial charge is 0.0294 e. The van der Waals surface area contributed by atoms with Crippen molar-refractivity contribution in [1.82, 2.24) is 5.32 Å². The summed E-state index contributed by atoms with van der Waals surface area (Å²) < 4.78 is 0. The standard InChI is InChI=1S/C20H33N/c1-5-17-7-6-8-20(14-17)21-16(4)19-11-9-18(10-12-19)13-15(2)3/h9-12,15-17,20-21H,5-8,13-14H2,1-4H3. The molecule has 0 heterocycles. The van der Waals surface area contributed by atoms with Crippen LogP contribution in [-0.4, -0.2) is 6.04 Å². The van der Waals surface area contributed by atoms with E-state index in [1.807, 2.05) is 0 Å². The van der Waals surface area contributed by atoms with E-state index < -0.39 is 0 Å². The molecule has 1 aromatic carbocycles. The normalized spacial score (nSPS) is 24.2. The molecule has 1 fully saturated rings. The molecular formula is C20H33N. The van der Waals surface area contributed by atoms with Gasteiger partial charge in [0, 0.05) is 12.1 Å². The summed E-state index contributed by atoms with van der Waals surface area (Å²) in [5, 5.41) is 3.86. The molecule has 3 unspecified atom stereocenters. The molecule has 21 heavy (non-hydrogen) atoms. The van der Waals surface area contributed by atoms with Gasteiger partial charge < -0.3 is 5.32 Å². The van der Waals surface area contributed by atoms with Gasteiger partial charge in [-0.05, 0) is 49.1 Å². The zero-order valence-electron chi connectivity index (χ0n) is 14.4. The number of rotatable bonds is 6. The van der Waals surface area contributed by atoms with Crippen LogP contribution in [-0.2, 0) is 6.42 Å². The zero-order valence-corrected chi connectivity index (χ0v) is 14.4. The summed E-state index contributed by atoms with van der Waals surface area (Å²) in [7, 11) is 0. The van der Waals surface area contributed by atoms with Gasteiger partial charge in [-0.1, -0.05) is 64.3 Å². The Labute approximate surface area is 131 Å². The van der Waals surface area contributed by atoms with Crippen LogP contribution in [0.5, 0.6) is 0 Å². The van der Waals surface area contributed by atoms with Gasteiger partial charge >= 0.3 is 0 Å². The minimum absolute atomic E-state index is 0.471. The summed E-state index contributed by atoms with van der Waals surface area (Å²) >= 11 is 0. The Morgan fingerprint density at radius 1 is 1.10 bits per heavy atom. The topological polar surface area (TPSA) is 12.0 Å². The third-order valence-electron chi connectivity index (χ3n) is 4.97. The van der Waals surface area contributed by atoms with Gasteiger partial charge in [0.25, 0.3) is 0 Å². The van der Waals surface area contributed by atoms with Crippen molar-refractivity contribution in [2.45, 2.75) is 78.3 Å². The Balaban J connectivity index is 1.89. The number of hydrogen-bond acceptors (Lipinski definition) is 1. The Morgan fingerprint density at radius 3 is 2.43 bits per heavy atom. The van der Waals surface area contributed by atoms with E-state index in [2.05, 4.69) is 57.3 Å². The lowest BCUT2D eigenvalue weighted by Crippen LogP contribution is -2.35. The Hall–Kier alpha value is -0.820. The van der Waals surface area contributed by atoms with Crippen molar-refractivity contribution in [2.75, 3.05) is 0 Å². The Kier molecular flexibility index (Phi) is 6.29. The van der Waals surface area contributed by atoms with Crippen LogP contribution in [0.1, 0.15) is 77.0 Å². The van der Waals surface area contributed by atoms with E-state index in [0.29, 0.717) is 12.1 Å². The van der Waals surface area contributed by atoms with Crippen molar-refractivity contribution in [3.05, 3.63) is 35.4 Å². The van der Waals surface area contributed by atoms with Crippen LogP contribution < -0.4 is 5.32 Å². The van der Waals surface area contributed by atoms with Crippen molar-refractivity contribution < 1.29 is 0 Å². The largest absolute Gasteiger partial charge is 0.307 e. The molecule has 118 valence electrons. The van der Waals surface area contributed by atoms with E-state index in [9.17, 15) is 0 Å². The summed E-state index contributed by atoms with van der Waals surface area (Å²) in [6.45, 7) is 9.22. The molecule has 1 heteroatoms. The molecule has 0 aliphatic heterocycles. The first-order valence-corrected chi connectivity index (χ1v) is 8.93. The summed E-state index contributed by atoms with van der Waals surface area (Å²) in [5.41, 5.74) is 2.89. The lowest BCUT2D eigenvalue weighted by Gasteiger charge is -2.31. The third-order valence-corrected chi connectivity index (χ3v) is 4.97. The quantitative estimate of drug-likeness (QED) is 0.728. The predicted molar refractivity (Wildman–Crippen MR) is 92.6 cm³/mol. The van der Waals surface area contributed by atoms with Gasteiger partial charge in [-0.3, -0.25) is 0 Å². The van der Waals surface area contributed by atoms with E-state index in [0.717, 1.165) is 11.8 Å². The fraction of sp³-hybridized carbons (Fsp3) is 0.700. The van der Waals surface area contributed by atoms with Crippen LogP contribution in [0.3, 0.4) is 0 Å². The second-order valence-corrected chi connectivity index (χ2v) is 7.37. The summed E-state index contributed by atoms with van der Waals surface area (Å²) in [6.07, 6.45) is 8.08. The molecule has 1 aliphatic rings. The molecule has 1 saturated carbocycles. The van der Waals surface area contributed by atoms with E-state index in [-0.39, 0.29) is 0 Å². The number of hydrogen-bond donors (Lipinski definition) is 1. The van der Waals surface area contributed by atoms with Crippen molar-refractivity contribution in [1.29, 1.82) is 0 Å². The molecule has 1 nitrogen and oxygen atoms in total. The van der Waals surface area contributed by atoms with Crippen molar-refractivity contribution in [3.63, 3.8) is 0 Å². The van der Waals surface area contributed by atoms with Gasteiger partial charge in [0.1, 0.15) is 0 Å². The first-order chi connectivity index (χ1) is 10.1. The zero-order chi connectivity index (χ0) is 15.2. The van der Waals surface area contributed by atoms with Crippen LogP contribution in [0, 0.1) is 11.8 Å². The Bertz CT molecular complexity index is 406. The molecule has 2 rings (SSSR count). The van der Waals surface area contributed by atoms with Crippen molar-refractivity contribution in [3.8, 4) is 0 Å². The fourth-order valence-corrected chi connectivity index (χ4v) is 3.68. The Morgan fingerprint density at radius 2 is 1.81 bits per heavy atom. The van der Waals surface area contributed by atoms with Gasteiger partial charge in [-0.2, -0.15) is 0 Å². The molecule has 0 amide bonds. The fourth-order valence-electron chi connectivity index (χ4n) is 3.68. The summed E-state index contributed by atoms with van der Waals surface area (Å²) in [4.78, 5) is 0. The average Bonchev–Trinajstić information content (AvgIpc) is 2.47. The first-order valence-electron chi connectivity index (χ1n) is 8.93. The van der Waals surface area contributed by atoms with Crippen molar-refractivity contribution >= 4 is 0 Å². The maximum Gasteiger partial charge on any atom is 0.0294 e. The van der Waals surface area contributed by atoms with Crippen LogP contribution >= 0.6 is 0 Å². The number of nitrogens with one attached hydrogen (secondary N) is 1. The highest BCUT2D eigenvalue weighted by atomic mass is 14.9. The number of benzene rings is 1. The second-order valence-electron chi connectivity index (χ2n) is 7.37. The highest BCUT2D eigenvalue weighted by Crippen LogP contribution is 2.28. The van der Waals surface area contributed by atoms with E-state index >= 15 is 0 Å². The second kappa shape index (κ2) is 7.98. The maximum atomic E-state index is 3.86. The molecular weight excluding hydrogens is 254 g/mol. The third kappa shape index (κ3) is 5.14. The molecule has 1 aromatic rings. The summed E-state index contributed by atoms with van der Waals surface area (Å²) in [5.74, 6) is 1.68. The minimum Gasteiger partial charge on any atom is -0.307 e. The predicted octanol–water partition coefficient (Wildman–Crippen LogP) is 5.50. The molecule has 0 saturated heterocycles. The van der Waals surface area contributed by atoms with Crippen molar-refractivity contribution in [2.24, 2.45) is 11.8 Å². The van der Waals surface area contributed by atoms with Crippen LogP contribution in [0.15, 0.2) is 24.3 Å². The summed E-state index contributed by atoms with van der Waals surface area (Å²) in [6, 6.07) is 10.4. The lowest BCUT2D eigenvalue weighted by atomic mass is 9.84. The maximum absolute atomic E-state index is 3.86. The van der Waals surface area contributed by atoms with Gasteiger partial charge in [0.05, 0.1) is 0 Å². The van der Waals surface area contributed by atoms with Gasteiger partial charge in [-0.25, -0.2) is 0 Å². The molecule has 3 atom stereocenters. The van der Waals surface area contributed by atoms with Crippen LogP contribution in [0.4, 0.5) is 0 Å². The van der Waals surface area contributed by atoms with E-state index in [1.165, 1.54) is 49.7 Å². The monoisotopic (exact) mass is 287 g/mol.